The molecule has 3 aromatic heterocycles. The van der Waals surface area contributed by atoms with Gasteiger partial charge in [0.15, 0.2) is 0 Å². The highest BCUT2D eigenvalue weighted by Crippen LogP contribution is 2.42. The Kier molecular flexibility index (Phi) is 4.14. The van der Waals surface area contributed by atoms with Gasteiger partial charge < -0.3 is 15.1 Å². The number of fused-ring (bicyclic) bond motifs is 3. The maximum Gasteiger partial charge on any atom is 0.131 e. The molecule has 31 heavy (non-hydrogen) atoms. The van der Waals surface area contributed by atoms with Crippen LogP contribution in [0.4, 0.5) is 11.4 Å². The van der Waals surface area contributed by atoms with Gasteiger partial charge in [0.2, 0.25) is 0 Å². The van der Waals surface area contributed by atoms with E-state index in [1.807, 2.05) is 31.7 Å². The molecule has 1 N–H and O–H groups in total. The van der Waals surface area contributed by atoms with Crippen LogP contribution < -0.4 is 15.1 Å². The van der Waals surface area contributed by atoms with Gasteiger partial charge in [-0.15, -0.1) is 5.10 Å². The van der Waals surface area contributed by atoms with E-state index < -0.39 is 0 Å². The Labute approximate surface area is 180 Å². The second-order valence-electron chi connectivity index (χ2n) is 8.39. The third kappa shape index (κ3) is 3.02. The highest BCUT2D eigenvalue weighted by molar-refractivity contribution is 6.02. The molecule has 156 valence electrons. The highest BCUT2D eigenvalue weighted by atomic mass is 15.4. The molecule has 2 aliphatic heterocycles. The number of anilines is 2. The number of pyridine rings is 2. The lowest BCUT2D eigenvalue weighted by Gasteiger charge is -2.26. The maximum absolute atomic E-state index is 4.74. The number of hydrogen-bond donors (Lipinski definition) is 1. The van der Waals surface area contributed by atoms with E-state index in [2.05, 4.69) is 61.7 Å². The van der Waals surface area contributed by atoms with Crippen molar-refractivity contribution in [1.29, 1.82) is 0 Å². The molecule has 2 aliphatic rings. The fraction of sp³-hybridized carbons (Fsp3) is 0.304. The molecule has 0 amide bonds. The van der Waals surface area contributed by atoms with E-state index >= 15 is 0 Å². The molecule has 0 spiro atoms. The van der Waals surface area contributed by atoms with Crippen LogP contribution in [0.3, 0.4) is 0 Å². The number of nitrogens with one attached hydrogen (secondary N) is 1. The minimum Gasteiger partial charge on any atom is -0.354 e. The Morgan fingerprint density at radius 1 is 1.00 bits per heavy atom. The normalized spacial score (nSPS) is 18.2. The Morgan fingerprint density at radius 3 is 2.65 bits per heavy atom. The molecule has 1 fully saturated rings. The van der Waals surface area contributed by atoms with Crippen molar-refractivity contribution >= 4 is 22.3 Å². The minimum atomic E-state index is 0.519. The molecule has 0 unspecified atom stereocenters. The standard InChI is InChI=1S/C23H24N8/c1-29-14-31(17-7-8-24-11-17)23-18-9-15(3-5-19(18)26-12-22(23)29)16-4-6-20(25-10-16)21-13-30(2)28-27-21/h3-6,9-10,12-13,17,24H,7-8,11,14H2,1-2H3/t17-/m0/s1. The quantitative estimate of drug-likeness (QED) is 0.554. The summed E-state index contributed by atoms with van der Waals surface area (Å²) in [5, 5.41) is 12.8. The highest BCUT2D eigenvalue weighted by Gasteiger charge is 2.32. The zero-order valence-electron chi connectivity index (χ0n) is 17.7. The van der Waals surface area contributed by atoms with Gasteiger partial charge in [0.05, 0.1) is 41.6 Å². The van der Waals surface area contributed by atoms with Crippen molar-refractivity contribution in [2.24, 2.45) is 7.05 Å². The number of aryl methyl sites for hydroxylation is 1. The lowest BCUT2D eigenvalue weighted by Crippen LogP contribution is -2.38. The van der Waals surface area contributed by atoms with E-state index in [4.69, 9.17) is 4.98 Å². The van der Waals surface area contributed by atoms with Crippen molar-refractivity contribution < 1.29 is 0 Å². The van der Waals surface area contributed by atoms with Crippen molar-refractivity contribution in [3.05, 3.63) is 48.9 Å². The number of benzene rings is 1. The van der Waals surface area contributed by atoms with Gasteiger partial charge >= 0.3 is 0 Å². The molecular weight excluding hydrogens is 388 g/mol. The first-order valence-electron chi connectivity index (χ1n) is 10.6. The third-order valence-electron chi connectivity index (χ3n) is 6.32. The molecule has 8 heteroatoms. The largest absolute Gasteiger partial charge is 0.354 e. The van der Waals surface area contributed by atoms with Crippen LogP contribution in [-0.4, -0.2) is 57.8 Å². The molecule has 0 bridgehead atoms. The smallest absolute Gasteiger partial charge is 0.131 e. The van der Waals surface area contributed by atoms with Crippen LogP contribution in [0.2, 0.25) is 0 Å². The van der Waals surface area contributed by atoms with Gasteiger partial charge in [0.1, 0.15) is 5.69 Å². The lowest BCUT2D eigenvalue weighted by atomic mass is 10.0. The number of rotatable bonds is 3. The Morgan fingerprint density at radius 2 is 1.90 bits per heavy atom. The summed E-state index contributed by atoms with van der Waals surface area (Å²) in [6.45, 7) is 3.02. The zero-order chi connectivity index (χ0) is 20.9. The summed E-state index contributed by atoms with van der Waals surface area (Å²) in [5.41, 5.74) is 7.34. The molecule has 0 aliphatic carbocycles. The van der Waals surface area contributed by atoms with E-state index in [0.29, 0.717) is 6.04 Å². The van der Waals surface area contributed by atoms with Crippen LogP contribution in [-0.2, 0) is 7.05 Å². The number of hydrogen-bond acceptors (Lipinski definition) is 7. The topological polar surface area (TPSA) is 75.0 Å². The predicted molar refractivity (Wildman–Crippen MR) is 122 cm³/mol. The van der Waals surface area contributed by atoms with Crippen LogP contribution in [0.1, 0.15) is 6.42 Å². The Hall–Kier alpha value is -3.52. The monoisotopic (exact) mass is 412 g/mol. The van der Waals surface area contributed by atoms with Gasteiger partial charge in [0, 0.05) is 43.8 Å². The first-order valence-corrected chi connectivity index (χ1v) is 10.6. The minimum absolute atomic E-state index is 0.519. The van der Waals surface area contributed by atoms with Gasteiger partial charge in [-0.2, -0.15) is 0 Å². The van der Waals surface area contributed by atoms with Crippen molar-refractivity contribution in [2.75, 3.05) is 36.6 Å². The summed E-state index contributed by atoms with van der Waals surface area (Å²) < 4.78 is 1.68. The Balaban J connectivity index is 1.42. The molecule has 5 heterocycles. The summed E-state index contributed by atoms with van der Waals surface area (Å²) in [4.78, 5) is 14.2. The summed E-state index contributed by atoms with van der Waals surface area (Å²) in [7, 11) is 4.00. The second-order valence-corrected chi connectivity index (χ2v) is 8.39. The van der Waals surface area contributed by atoms with Gasteiger partial charge in [-0.1, -0.05) is 17.3 Å². The van der Waals surface area contributed by atoms with Gasteiger partial charge in [-0.25, -0.2) is 0 Å². The van der Waals surface area contributed by atoms with E-state index in [9.17, 15) is 0 Å². The average molecular weight is 413 g/mol. The molecule has 0 saturated carbocycles. The van der Waals surface area contributed by atoms with Crippen molar-refractivity contribution in [3.63, 3.8) is 0 Å². The second kappa shape index (κ2) is 7.02. The van der Waals surface area contributed by atoms with E-state index in [-0.39, 0.29) is 0 Å². The van der Waals surface area contributed by atoms with Gasteiger partial charge in [-0.05, 0) is 36.7 Å². The van der Waals surface area contributed by atoms with Crippen LogP contribution in [0, 0.1) is 0 Å². The third-order valence-corrected chi connectivity index (χ3v) is 6.32. The molecule has 1 atom stereocenters. The average Bonchev–Trinajstić information content (AvgIpc) is 3.54. The van der Waals surface area contributed by atoms with Gasteiger partial charge in [-0.3, -0.25) is 14.6 Å². The fourth-order valence-electron chi connectivity index (χ4n) is 4.69. The van der Waals surface area contributed by atoms with Crippen LogP contribution in [0.15, 0.2) is 48.9 Å². The first-order chi connectivity index (χ1) is 15.2. The van der Waals surface area contributed by atoms with Crippen molar-refractivity contribution in [1.82, 2.24) is 30.3 Å². The molecular formula is C23H24N8. The van der Waals surface area contributed by atoms with E-state index in [1.165, 1.54) is 23.2 Å². The van der Waals surface area contributed by atoms with Crippen molar-refractivity contribution in [3.8, 4) is 22.5 Å². The summed E-state index contributed by atoms with van der Waals surface area (Å²) in [6, 6.07) is 11.1. The van der Waals surface area contributed by atoms with E-state index in [1.54, 1.807) is 4.68 Å². The summed E-state index contributed by atoms with van der Waals surface area (Å²) in [5.74, 6) is 0. The first kappa shape index (κ1) is 18.3. The van der Waals surface area contributed by atoms with Crippen molar-refractivity contribution in [2.45, 2.75) is 12.5 Å². The number of aromatic nitrogens is 5. The maximum atomic E-state index is 4.74. The molecule has 8 nitrogen and oxygen atoms in total. The summed E-state index contributed by atoms with van der Waals surface area (Å²) in [6.07, 6.45) is 6.96. The fourth-order valence-corrected chi connectivity index (χ4v) is 4.69. The lowest BCUT2D eigenvalue weighted by molar-refractivity contribution is 0.650. The van der Waals surface area contributed by atoms with Crippen LogP contribution in [0.25, 0.3) is 33.4 Å². The molecule has 1 aromatic carbocycles. The zero-order valence-corrected chi connectivity index (χ0v) is 17.7. The van der Waals surface area contributed by atoms with Crippen LogP contribution in [0.5, 0.6) is 0 Å². The molecule has 1 saturated heterocycles. The molecule has 6 rings (SSSR count). The predicted octanol–water partition coefficient (Wildman–Crippen LogP) is 2.67. The number of nitrogens with zero attached hydrogens (tertiary/aromatic N) is 7. The molecule has 4 aromatic rings. The Bertz CT molecular complexity index is 1260. The van der Waals surface area contributed by atoms with E-state index in [0.717, 1.165) is 47.8 Å². The molecule has 0 radical (unpaired) electrons. The van der Waals surface area contributed by atoms with Crippen LogP contribution >= 0.6 is 0 Å². The van der Waals surface area contributed by atoms with Gasteiger partial charge in [0.25, 0.3) is 0 Å². The SMILES string of the molecule is CN1CN([C@H]2CCNC2)c2c1cnc1ccc(-c3ccc(-c4cn(C)nn4)nc3)cc21. The summed E-state index contributed by atoms with van der Waals surface area (Å²) >= 11 is 0.